The molecule has 2 aromatic carbocycles. The van der Waals surface area contributed by atoms with Crippen LogP contribution in [0.2, 0.25) is 0 Å². The molecule has 0 spiro atoms. The molecule has 0 amide bonds. The molecular formula is C21H16O5. The molecule has 0 N–H and O–H groups in total. The molecule has 0 aliphatic carbocycles. The number of hydrogen-bond acceptors (Lipinski definition) is 5. The minimum atomic E-state index is -0.600. The molecule has 1 aromatic heterocycles. The number of ether oxygens (including phenoxy) is 2. The smallest absolute Gasteiger partial charge is 0.379 e. The number of benzene rings is 2. The lowest BCUT2D eigenvalue weighted by Crippen LogP contribution is -2.08. The van der Waals surface area contributed by atoms with Gasteiger partial charge in [-0.25, -0.2) is 4.79 Å². The van der Waals surface area contributed by atoms with Gasteiger partial charge in [-0.1, -0.05) is 18.2 Å². The lowest BCUT2D eigenvalue weighted by Gasteiger charge is -2.06. The molecule has 0 saturated carbocycles. The zero-order valence-electron chi connectivity index (χ0n) is 14.0. The van der Waals surface area contributed by atoms with Crippen molar-refractivity contribution in [1.29, 1.82) is 0 Å². The highest BCUT2D eigenvalue weighted by Crippen LogP contribution is 2.21. The van der Waals surface area contributed by atoms with Crippen LogP contribution in [0.1, 0.15) is 26.5 Å². The molecule has 0 atom stereocenters. The number of para-hydroxylation sites is 1. The third kappa shape index (κ3) is 4.08. The molecule has 5 heteroatoms. The lowest BCUT2D eigenvalue weighted by molar-refractivity contribution is 0.0701. The van der Waals surface area contributed by atoms with Gasteiger partial charge < -0.3 is 13.9 Å². The monoisotopic (exact) mass is 348 g/mol. The van der Waals surface area contributed by atoms with Gasteiger partial charge in [0.25, 0.3) is 0 Å². The van der Waals surface area contributed by atoms with E-state index in [0.717, 1.165) is 0 Å². The Labute approximate surface area is 150 Å². The fraction of sp³-hybridized carbons (Fsp3) is 0.0476. The minimum absolute atomic E-state index is 0.109. The zero-order valence-corrected chi connectivity index (χ0v) is 14.0. The number of hydrogen-bond donors (Lipinski definition) is 0. The van der Waals surface area contributed by atoms with E-state index in [1.54, 1.807) is 67.8 Å². The minimum Gasteiger partial charge on any atom is -0.497 e. The van der Waals surface area contributed by atoms with Gasteiger partial charge in [-0.05, 0) is 54.6 Å². The van der Waals surface area contributed by atoms with Crippen molar-refractivity contribution in [3.63, 3.8) is 0 Å². The summed E-state index contributed by atoms with van der Waals surface area (Å²) in [6.07, 6.45) is 4.44. The summed E-state index contributed by atoms with van der Waals surface area (Å²) in [5.41, 5.74) is 1.14. The van der Waals surface area contributed by atoms with Gasteiger partial charge >= 0.3 is 5.97 Å². The average Bonchev–Trinajstić information content (AvgIpc) is 3.22. The molecule has 26 heavy (non-hydrogen) atoms. The van der Waals surface area contributed by atoms with E-state index in [-0.39, 0.29) is 11.5 Å². The molecule has 3 rings (SSSR count). The molecular weight excluding hydrogens is 332 g/mol. The summed E-state index contributed by atoms with van der Waals surface area (Å²) in [6, 6.07) is 16.9. The molecule has 3 aromatic rings. The van der Waals surface area contributed by atoms with Gasteiger partial charge in [-0.2, -0.15) is 0 Å². The Morgan fingerprint density at radius 2 is 1.73 bits per heavy atom. The molecule has 0 unspecified atom stereocenters. The van der Waals surface area contributed by atoms with Gasteiger partial charge in [0.2, 0.25) is 5.76 Å². The number of ketones is 1. The number of methoxy groups -OCH3 is 1. The first-order valence-corrected chi connectivity index (χ1v) is 7.88. The van der Waals surface area contributed by atoms with Crippen LogP contribution in [0.15, 0.2) is 77.4 Å². The van der Waals surface area contributed by atoms with Crippen LogP contribution in [-0.4, -0.2) is 18.9 Å². The Hall–Kier alpha value is -3.60. The van der Waals surface area contributed by atoms with E-state index in [1.807, 2.05) is 0 Å². The van der Waals surface area contributed by atoms with Gasteiger partial charge in [0.05, 0.1) is 13.4 Å². The number of furan rings is 1. The summed E-state index contributed by atoms with van der Waals surface area (Å²) in [5.74, 6) is 0.364. The quantitative estimate of drug-likeness (QED) is 0.286. The Kier molecular flexibility index (Phi) is 5.29. The molecule has 0 aliphatic heterocycles. The first-order chi connectivity index (χ1) is 12.7. The molecule has 130 valence electrons. The SMILES string of the molecule is COc1ccc(C(=O)C=Cc2ccccc2OC(=O)c2ccco2)cc1. The standard InChI is InChI=1S/C21H16O5/c1-24-17-11-8-15(9-12-17)18(22)13-10-16-5-2-3-6-19(16)26-21(23)20-7-4-14-25-20/h2-14H,1H3. The fourth-order valence-corrected chi connectivity index (χ4v) is 2.27. The highest BCUT2D eigenvalue weighted by atomic mass is 16.5. The molecule has 0 bridgehead atoms. The maximum atomic E-state index is 12.3. The molecule has 1 heterocycles. The van der Waals surface area contributed by atoms with Crippen molar-refractivity contribution in [2.24, 2.45) is 0 Å². The van der Waals surface area contributed by atoms with E-state index in [9.17, 15) is 9.59 Å². The van der Waals surface area contributed by atoms with E-state index < -0.39 is 5.97 Å². The van der Waals surface area contributed by atoms with Crippen molar-refractivity contribution >= 4 is 17.8 Å². The van der Waals surface area contributed by atoms with Gasteiger partial charge in [0.15, 0.2) is 5.78 Å². The molecule has 0 aliphatic rings. The first-order valence-electron chi connectivity index (χ1n) is 7.88. The van der Waals surface area contributed by atoms with Crippen LogP contribution < -0.4 is 9.47 Å². The Morgan fingerprint density at radius 1 is 0.962 bits per heavy atom. The van der Waals surface area contributed by atoms with Crippen LogP contribution in [0, 0.1) is 0 Å². The van der Waals surface area contributed by atoms with Gasteiger partial charge in [-0.3, -0.25) is 4.79 Å². The summed E-state index contributed by atoms with van der Waals surface area (Å²) >= 11 is 0. The van der Waals surface area contributed by atoms with Crippen molar-refractivity contribution in [3.05, 3.63) is 89.9 Å². The summed E-state index contributed by atoms with van der Waals surface area (Å²) in [7, 11) is 1.57. The predicted octanol–water partition coefficient (Wildman–Crippen LogP) is 4.40. The van der Waals surface area contributed by atoms with E-state index in [4.69, 9.17) is 13.9 Å². The number of allylic oxidation sites excluding steroid dienone is 1. The Bertz CT molecular complexity index is 921. The highest BCUT2D eigenvalue weighted by Gasteiger charge is 2.13. The van der Waals surface area contributed by atoms with Crippen LogP contribution in [0.4, 0.5) is 0 Å². The van der Waals surface area contributed by atoms with Crippen LogP contribution in [0.3, 0.4) is 0 Å². The first kappa shape index (κ1) is 17.2. The van der Waals surface area contributed by atoms with Crippen molar-refractivity contribution in [2.45, 2.75) is 0 Å². The van der Waals surface area contributed by atoms with Crippen LogP contribution in [0.25, 0.3) is 6.08 Å². The lowest BCUT2D eigenvalue weighted by atomic mass is 10.1. The summed E-state index contributed by atoms with van der Waals surface area (Å²) in [6.45, 7) is 0. The second-order valence-corrected chi connectivity index (χ2v) is 5.33. The van der Waals surface area contributed by atoms with E-state index in [0.29, 0.717) is 22.6 Å². The Morgan fingerprint density at radius 3 is 2.42 bits per heavy atom. The maximum absolute atomic E-state index is 12.3. The maximum Gasteiger partial charge on any atom is 0.379 e. The normalized spacial score (nSPS) is 10.7. The van der Waals surface area contributed by atoms with E-state index in [1.165, 1.54) is 18.4 Å². The third-order valence-electron chi connectivity index (χ3n) is 3.63. The number of rotatable bonds is 6. The van der Waals surface area contributed by atoms with Crippen molar-refractivity contribution < 1.29 is 23.5 Å². The summed E-state index contributed by atoms with van der Waals surface area (Å²) in [4.78, 5) is 24.3. The Balaban J connectivity index is 1.75. The number of carbonyl (C=O) groups excluding carboxylic acids is 2. The van der Waals surface area contributed by atoms with Gasteiger partial charge in [-0.15, -0.1) is 0 Å². The predicted molar refractivity (Wildman–Crippen MR) is 96.5 cm³/mol. The fourth-order valence-electron chi connectivity index (χ4n) is 2.27. The van der Waals surface area contributed by atoms with Crippen LogP contribution >= 0.6 is 0 Å². The second kappa shape index (κ2) is 7.98. The third-order valence-corrected chi connectivity index (χ3v) is 3.63. The molecule has 0 fully saturated rings. The second-order valence-electron chi connectivity index (χ2n) is 5.33. The van der Waals surface area contributed by atoms with E-state index >= 15 is 0 Å². The summed E-state index contributed by atoms with van der Waals surface area (Å²) < 4.78 is 15.4. The molecule has 5 nitrogen and oxygen atoms in total. The highest BCUT2D eigenvalue weighted by molar-refractivity contribution is 6.07. The van der Waals surface area contributed by atoms with E-state index in [2.05, 4.69) is 0 Å². The molecule has 0 saturated heterocycles. The average molecular weight is 348 g/mol. The van der Waals surface area contributed by atoms with Crippen LogP contribution in [-0.2, 0) is 0 Å². The van der Waals surface area contributed by atoms with Gasteiger partial charge in [0.1, 0.15) is 11.5 Å². The number of esters is 1. The molecule has 0 radical (unpaired) electrons. The van der Waals surface area contributed by atoms with Crippen molar-refractivity contribution in [2.75, 3.05) is 7.11 Å². The largest absolute Gasteiger partial charge is 0.497 e. The van der Waals surface area contributed by atoms with Crippen LogP contribution in [0.5, 0.6) is 11.5 Å². The van der Waals surface area contributed by atoms with Gasteiger partial charge in [0, 0.05) is 11.1 Å². The summed E-state index contributed by atoms with van der Waals surface area (Å²) in [5, 5.41) is 0. The van der Waals surface area contributed by atoms with Crippen molar-refractivity contribution in [3.8, 4) is 11.5 Å². The number of carbonyl (C=O) groups is 2. The topological polar surface area (TPSA) is 65.7 Å². The van der Waals surface area contributed by atoms with Crippen molar-refractivity contribution in [1.82, 2.24) is 0 Å². The zero-order chi connectivity index (χ0) is 18.4.